The molecule has 1 heterocycles. The van der Waals surface area contributed by atoms with Crippen LogP contribution in [0.3, 0.4) is 0 Å². The molecule has 0 saturated heterocycles. The highest BCUT2D eigenvalue weighted by Gasteiger charge is 2.31. The first kappa shape index (κ1) is 13.4. The van der Waals surface area contributed by atoms with Crippen molar-refractivity contribution in [2.75, 3.05) is 0 Å². The van der Waals surface area contributed by atoms with Crippen molar-refractivity contribution in [3.05, 3.63) is 20.8 Å². The minimum absolute atomic E-state index is 0.145. The molecule has 3 unspecified atom stereocenters. The molecule has 0 amide bonds. The number of nitrogens with two attached hydrogens (primary N) is 1. The summed E-state index contributed by atoms with van der Waals surface area (Å²) in [4.78, 5) is 1.20. The summed E-state index contributed by atoms with van der Waals surface area (Å²) in [6.45, 7) is 4.35. The molecule has 0 radical (unpaired) electrons. The van der Waals surface area contributed by atoms with Crippen LogP contribution in [0.15, 0.2) is 5.38 Å². The first-order valence-corrected chi connectivity index (χ1v) is 7.90. The highest BCUT2D eigenvalue weighted by atomic mass is 35.5. The Bertz CT molecular complexity index is 374. The second-order valence-electron chi connectivity index (χ2n) is 5.24. The molecule has 1 fully saturated rings. The molecule has 1 aliphatic rings. The van der Waals surface area contributed by atoms with Gasteiger partial charge in [-0.05, 0) is 36.1 Å². The summed E-state index contributed by atoms with van der Waals surface area (Å²) in [5, 5.41) is 3.03. The fourth-order valence-electron chi connectivity index (χ4n) is 3.08. The van der Waals surface area contributed by atoms with Gasteiger partial charge in [0.05, 0.1) is 5.02 Å². The smallest absolute Gasteiger partial charge is 0.0590 e. The van der Waals surface area contributed by atoms with Crippen molar-refractivity contribution in [2.45, 2.75) is 52.0 Å². The molecule has 0 aromatic carbocycles. The lowest BCUT2D eigenvalue weighted by atomic mass is 9.74. The van der Waals surface area contributed by atoms with Crippen LogP contribution in [0.1, 0.15) is 55.5 Å². The summed E-state index contributed by atoms with van der Waals surface area (Å²) in [5.74, 6) is 1.42. The van der Waals surface area contributed by atoms with Gasteiger partial charge in [-0.25, -0.2) is 0 Å². The van der Waals surface area contributed by atoms with Crippen LogP contribution in [0.25, 0.3) is 0 Å². The molecule has 1 aromatic heterocycles. The zero-order valence-electron chi connectivity index (χ0n) is 10.7. The van der Waals surface area contributed by atoms with Gasteiger partial charge in [0.2, 0.25) is 0 Å². The second-order valence-corrected chi connectivity index (χ2v) is 6.53. The quantitative estimate of drug-likeness (QED) is 0.829. The van der Waals surface area contributed by atoms with Gasteiger partial charge in [0, 0.05) is 10.9 Å². The molecule has 2 rings (SSSR count). The third kappa shape index (κ3) is 2.69. The summed E-state index contributed by atoms with van der Waals surface area (Å²) in [6, 6.07) is 0.145. The Morgan fingerprint density at radius 2 is 2.18 bits per heavy atom. The van der Waals surface area contributed by atoms with E-state index < -0.39 is 0 Å². The number of rotatable bonds is 3. The molecule has 0 spiro atoms. The SMILES string of the molecule is CCC1CCCCC1C(N)c1scc(C)c1Cl. The molecule has 1 saturated carbocycles. The van der Waals surface area contributed by atoms with E-state index in [2.05, 4.69) is 19.2 Å². The molecule has 3 heteroatoms. The van der Waals surface area contributed by atoms with Gasteiger partial charge in [-0.1, -0.05) is 44.2 Å². The summed E-state index contributed by atoms with van der Waals surface area (Å²) in [5.41, 5.74) is 7.65. The van der Waals surface area contributed by atoms with E-state index in [0.717, 1.165) is 10.9 Å². The maximum absolute atomic E-state index is 6.48. The van der Waals surface area contributed by atoms with E-state index >= 15 is 0 Å². The van der Waals surface area contributed by atoms with Gasteiger partial charge >= 0.3 is 0 Å². The molecule has 1 aliphatic carbocycles. The fraction of sp³-hybridized carbons (Fsp3) is 0.714. The summed E-state index contributed by atoms with van der Waals surface area (Å²) in [7, 11) is 0. The Kier molecular flexibility index (Phi) is 4.51. The standard InChI is InChI=1S/C14H22ClNS/c1-3-10-6-4-5-7-11(10)13(16)14-12(15)9(2)8-17-14/h8,10-11,13H,3-7,16H2,1-2H3. The van der Waals surface area contributed by atoms with Crippen molar-refractivity contribution in [2.24, 2.45) is 17.6 Å². The van der Waals surface area contributed by atoms with Crippen molar-refractivity contribution >= 4 is 22.9 Å². The van der Waals surface area contributed by atoms with E-state index in [-0.39, 0.29) is 6.04 Å². The van der Waals surface area contributed by atoms with Gasteiger partial charge in [-0.3, -0.25) is 0 Å². The Morgan fingerprint density at radius 3 is 2.76 bits per heavy atom. The van der Waals surface area contributed by atoms with Crippen molar-refractivity contribution in [3.63, 3.8) is 0 Å². The van der Waals surface area contributed by atoms with E-state index in [1.54, 1.807) is 11.3 Å². The average Bonchev–Trinajstić information content (AvgIpc) is 2.69. The molecule has 0 bridgehead atoms. The molecular weight excluding hydrogens is 250 g/mol. The molecule has 17 heavy (non-hydrogen) atoms. The Balaban J connectivity index is 2.18. The summed E-state index contributed by atoms with van der Waals surface area (Å²) < 4.78 is 0. The van der Waals surface area contributed by atoms with E-state index in [4.69, 9.17) is 17.3 Å². The van der Waals surface area contributed by atoms with Crippen LogP contribution >= 0.6 is 22.9 Å². The lowest BCUT2D eigenvalue weighted by molar-refractivity contribution is 0.198. The van der Waals surface area contributed by atoms with Crippen LogP contribution in [0.5, 0.6) is 0 Å². The lowest BCUT2D eigenvalue weighted by Gasteiger charge is -2.34. The zero-order valence-corrected chi connectivity index (χ0v) is 12.3. The summed E-state index contributed by atoms with van der Waals surface area (Å²) >= 11 is 8.08. The van der Waals surface area contributed by atoms with Gasteiger partial charge in [-0.2, -0.15) is 0 Å². The Morgan fingerprint density at radius 1 is 1.47 bits per heavy atom. The number of hydrogen-bond donors (Lipinski definition) is 1. The maximum atomic E-state index is 6.48. The third-order valence-corrected chi connectivity index (χ3v) is 6.00. The maximum Gasteiger partial charge on any atom is 0.0590 e. The van der Waals surface area contributed by atoms with E-state index in [0.29, 0.717) is 5.92 Å². The Labute approximate surface area is 113 Å². The van der Waals surface area contributed by atoms with Crippen LogP contribution in [-0.4, -0.2) is 0 Å². The lowest BCUT2D eigenvalue weighted by Crippen LogP contribution is -2.30. The molecule has 1 nitrogen and oxygen atoms in total. The van der Waals surface area contributed by atoms with Crippen molar-refractivity contribution in [1.29, 1.82) is 0 Å². The average molecular weight is 272 g/mol. The van der Waals surface area contributed by atoms with Crippen molar-refractivity contribution < 1.29 is 0 Å². The highest BCUT2D eigenvalue weighted by molar-refractivity contribution is 7.10. The van der Waals surface area contributed by atoms with E-state index in [1.165, 1.54) is 42.5 Å². The number of aryl methyl sites for hydroxylation is 1. The number of thiophene rings is 1. The Hall–Kier alpha value is -0.0500. The van der Waals surface area contributed by atoms with Crippen LogP contribution < -0.4 is 5.73 Å². The molecule has 96 valence electrons. The number of halogens is 1. The van der Waals surface area contributed by atoms with Gasteiger partial charge in [0.25, 0.3) is 0 Å². The summed E-state index contributed by atoms with van der Waals surface area (Å²) in [6.07, 6.45) is 6.57. The van der Waals surface area contributed by atoms with Gasteiger partial charge in [0.15, 0.2) is 0 Å². The molecule has 1 aromatic rings. The first-order valence-electron chi connectivity index (χ1n) is 6.64. The topological polar surface area (TPSA) is 26.0 Å². The van der Waals surface area contributed by atoms with Gasteiger partial charge in [-0.15, -0.1) is 11.3 Å². The van der Waals surface area contributed by atoms with Gasteiger partial charge in [0.1, 0.15) is 0 Å². The van der Waals surface area contributed by atoms with Crippen LogP contribution in [0.2, 0.25) is 5.02 Å². The fourth-order valence-corrected chi connectivity index (χ4v) is 4.48. The zero-order chi connectivity index (χ0) is 12.4. The predicted molar refractivity (Wildman–Crippen MR) is 76.7 cm³/mol. The predicted octanol–water partition coefficient (Wildman–Crippen LogP) is 4.93. The van der Waals surface area contributed by atoms with Crippen LogP contribution in [0, 0.1) is 18.8 Å². The largest absolute Gasteiger partial charge is 0.323 e. The molecular formula is C14H22ClNS. The van der Waals surface area contributed by atoms with Crippen LogP contribution in [-0.2, 0) is 0 Å². The third-order valence-electron chi connectivity index (χ3n) is 4.18. The minimum atomic E-state index is 0.145. The highest BCUT2D eigenvalue weighted by Crippen LogP contribution is 2.43. The van der Waals surface area contributed by atoms with E-state index in [1.807, 2.05) is 0 Å². The van der Waals surface area contributed by atoms with Crippen molar-refractivity contribution in [1.82, 2.24) is 0 Å². The van der Waals surface area contributed by atoms with Crippen molar-refractivity contribution in [3.8, 4) is 0 Å². The first-order chi connectivity index (χ1) is 8.15. The van der Waals surface area contributed by atoms with Gasteiger partial charge < -0.3 is 5.73 Å². The van der Waals surface area contributed by atoms with Crippen LogP contribution in [0.4, 0.5) is 0 Å². The number of hydrogen-bond acceptors (Lipinski definition) is 2. The normalized spacial score (nSPS) is 27.1. The molecule has 3 atom stereocenters. The minimum Gasteiger partial charge on any atom is -0.323 e. The molecule has 2 N–H and O–H groups in total. The monoisotopic (exact) mass is 271 g/mol. The molecule has 0 aliphatic heterocycles. The van der Waals surface area contributed by atoms with E-state index in [9.17, 15) is 0 Å². The second kappa shape index (κ2) is 5.73.